The van der Waals surface area contributed by atoms with Crippen molar-refractivity contribution in [3.8, 4) is 17.7 Å². The van der Waals surface area contributed by atoms with Crippen molar-refractivity contribution in [1.29, 1.82) is 5.26 Å². The van der Waals surface area contributed by atoms with E-state index < -0.39 is 11.4 Å². The van der Waals surface area contributed by atoms with Crippen molar-refractivity contribution in [2.75, 3.05) is 29.1 Å². The van der Waals surface area contributed by atoms with Crippen LogP contribution in [0.2, 0.25) is 0 Å². The molecule has 9 heteroatoms. The van der Waals surface area contributed by atoms with Crippen LogP contribution in [0.5, 0.6) is 11.6 Å². The van der Waals surface area contributed by atoms with Crippen LogP contribution in [0.15, 0.2) is 60.8 Å². The lowest BCUT2D eigenvalue weighted by Crippen LogP contribution is -2.20. The fourth-order valence-electron chi connectivity index (χ4n) is 2.83. The summed E-state index contributed by atoms with van der Waals surface area (Å²) in [7, 11) is 0. The van der Waals surface area contributed by atoms with Gasteiger partial charge in [0.1, 0.15) is 5.75 Å². The number of nitrogens with zero attached hydrogens (tertiary/aromatic N) is 3. The zero-order valence-electron chi connectivity index (χ0n) is 18.5. The molecule has 0 unspecified atom stereocenters. The van der Waals surface area contributed by atoms with Crippen LogP contribution in [0.4, 0.5) is 22.1 Å². The maximum absolute atomic E-state index is 12.4. The molecule has 3 rings (SSSR count). The van der Waals surface area contributed by atoms with Crippen LogP contribution >= 0.6 is 0 Å². The van der Waals surface area contributed by atoms with Gasteiger partial charge in [-0.1, -0.05) is 12.1 Å². The van der Waals surface area contributed by atoms with Crippen molar-refractivity contribution in [3.05, 3.63) is 66.4 Å². The van der Waals surface area contributed by atoms with E-state index in [1.165, 1.54) is 0 Å². The monoisotopic (exact) mass is 446 g/mol. The zero-order valence-corrected chi connectivity index (χ0v) is 18.5. The predicted molar refractivity (Wildman–Crippen MR) is 126 cm³/mol. The first-order valence-corrected chi connectivity index (χ1v) is 10.4. The van der Waals surface area contributed by atoms with Crippen LogP contribution in [0.25, 0.3) is 0 Å². The quantitative estimate of drug-likeness (QED) is 0.356. The van der Waals surface area contributed by atoms with Crippen molar-refractivity contribution < 1.29 is 14.6 Å². The molecule has 33 heavy (non-hydrogen) atoms. The van der Waals surface area contributed by atoms with Gasteiger partial charge in [-0.15, -0.1) is 0 Å². The van der Waals surface area contributed by atoms with E-state index in [0.29, 0.717) is 41.9 Å². The summed E-state index contributed by atoms with van der Waals surface area (Å²) in [4.78, 5) is 20.7. The maximum Gasteiger partial charge on any atom is 0.323 e. The molecule has 0 fully saturated rings. The minimum absolute atomic E-state index is 0.0906. The fraction of sp³-hybridized carbons (Fsp3) is 0.250. The number of hydrogen-bond donors (Lipinski definition) is 4. The van der Waals surface area contributed by atoms with E-state index >= 15 is 0 Å². The van der Waals surface area contributed by atoms with Gasteiger partial charge >= 0.3 is 6.03 Å². The fourth-order valence-corrected chi connectivity index (χ4v) is 2.83. The van der Waals surface area contributed by atoms with E-state index in [-0.39, 0.29) is 6.61 Å². The summed E-state index contributed by atoms with van der Waals surface area (Å²) in [5, 5.41) is 26.7. The minimum atomic E-state index is -0.649. The summed E-state index contributed by atoms with van der Waals surface area (Å²) in [6.45, 7) is 4.30. The summed E-state index contributed by atoms with van der Waals surface area (Å²) in [5.74, 6) is 1.33. The molecule has 0 bridgehead atoms. The Morgan fingerprint density at radius 3 is 2.61 bits per heavy atom. The zero-order chi connectivity index (χ0) is 23.7. The lowest BCUT2D eigenvalue weighted by Gasteiger charge is -2.17. The molecule has 1 aromatic heterocycles. The number of nitriles is 1. The van der Waals surface area contributed by atoms with Crippen molar-refractivity contribution in [2.24, 2.45) is 0 Å². The first-order chi connectivity index (χ1) is 15.9. The summed E-state index contributed by atoms with van der Waals surface area (Å²) >= 11 is 0. The normalized spacial score (nSPS) is 10.7. The molecule has 2 aromatic carbocycles. The Morgan fingerprint density at radius 2 is 1.88 bits per heavy atom. The molecule has 4 N–H and O–H groups in total. The van der Waals surface area contributed by atoms with Gasteiger partial charge in [0.05, 0.1) is 11.5 Å². The number of hydrogen-bond acceptors (Lipinski definition) is 7. The van der Waals surface area contributed by atoms with Crippen LogP contribution in [0.1, 0.15) is 25.8 Å². The van der Waals surface area contributed by atoms with Crippen molar-refractivity contribution >= 4 is 23.4 Å². The van der Waals surface area contributed by atoms with E-state index in [0.717, 1.165) is 5.56 Å². The van der Waals surface area contributed by atoms with Crippen LogP contribution in [0, 0.1) is 11.3 Å². The first kappa shape index (κ1) is 23.5. The third-order valence-electron chi connectivity index (χ3n) is 4.70. The molecule has 0 saturated heterocycles. The Kier molecular flexibility index (Phi) is 7.78. The van der Waals surface area contributed by atoms with Crippen LogP contribution < -0.4 is 20.7 Å². The smallest absolute Gasteiger partial charge is 0.323 e. The van der Waals surface area contributed by atoms with Crippen molar-refractivity contribution in [1.82, 2.24) is 9.97 Å². The van der Waals surface area contributed by atoms with E-state index in [1.54, 1.807) is 54.7 Å². The number of rotatable bonds is 9. The number of amides is 2. The molecular formula is C24H26N6O3. The number of nitrogens with one attached hydrogen (secondary N) is 3. The number of benzene rings is 2. The molecule has 0 aliphatic carbocycles. The molecule has 3 aromatic rings. The van der Waals surface area contributed by atoms with E-state index in [1.807, 2.05) is 19.9 Å². The third kappa shape index (κ3) is 6.92. The second-order valence-corrected chi connectivity index (χ2v) is 7.75. The average Bonchev–Trinajstić information content (AvgIpc) is 2.81. The van der Waals surface area contributed by atoms with Gasteiger partial charge in [0.2, 0.25) is 11.8 Å². The van der Waals surface area contributed by atoms with Crippen LogP contribution in [0.3, 0.4) is 0 Å². The van der Waals surface area contributed by atoms with Gasteiger partial charge < -0.3 is 25.8 Å². The summed E-state index contributed by atoms with van der Waals surface area (Å²) in [5.41, 5.74) is 1.35. The topological polar surface area (TPSA) is 132 Å². The Morgan fingerprint density at radius 1 is 1.12 bits per heavy atom. The molecule has 0 aliphatic heterocycles. The Labute approximate surface area is 192 Å². The van der Waals surface area contributed by atoms with Gasteiger partial charge in [-0.3, -0.25) is 0 Å². The molecule has 0 atom stereocenters. The van der Waals surface area contributed by atoms with Gasteiger partial charge in [0.15, 0.2) is 0 Å². The van der Waals surface area contributed by atoms with Crippen LogP contribution in [-0.4, -0.2) is 34.3 Å². The number of anilines is 3. The molecule has 1 heterocycles. The highest BCUT2D eigenvalue weighted by Crippen LogP contribution is 2.25. The standard InChI is InChI=1S/C24H26N6O3/c1-24(2,16-25)17-5-3-6-19(15-17)29-23(32)28-18-7-9-20(10-8-18)33-21-11-13-27-22(30-21)26-12-4-14-31/h3,5-11,13,15,31H,4,12,14H2,1-2H3,(H,26,27,30)(H2,28,29,32). The van der Waals surface area contributed by atoms with Gasteiger partial charge in [-0.2, -0.15) is 10.2 Å². The highest BCUT2D eigenvalue weighted by molar-refractivity contribution is 5.99. The average molecular weight is 447 g/mol. The third-order valence-corrected chi connectivity index (χ3v) is 4.70. The number of carbonyl (C=O) groups is 1. The number of ether oxygens (including phenoxy) is 1. The molecule has 2 amide bonds. The highest BCUT2D eigenvalue weighted by atomic mass is 16.5. The van der Waals surface area contributed by atoms with Gasteiger partial charge in [0.25, 0.3) is 0 Å². The van der Waals surface area contributed by atoms with E-state index in [4.69, 9.17) is 9.84 Å². The van der Waals surface area contributed by atoms with E-state index in [2.05, 4.69) is 32.0 Å². The summed E-state index contributed by atoms with van der Waals surface area (Å²) in [6, 6.07) is 17.6. The first-order valence-electron chi connectivity index (χ1n) is 10.4. The Bertz CT molecular complexity index is 1130. The Hall–Kier alpha value is -4.16. The predicted octanol–water partition coefficient (Wildman–Crippen LogP) is 4.51. The molecule has 0 radical (unpaired) electrons. The Balaban J connectivity index is 1.57. The molecular weight excluding hydrogens is 420 g/mol. The molecule has 0 saturated carbocycles. The molecule has 0 aliphatic rings. The van der Waals surface area contributed by atoms with Gasteiger partial charge in [-0.25, -0.2) is 9.78 Å². The lowest BCUT2D eigenvalue weighted by atomic mass is 9.86. The molecule has 9 nitrogen and oxygen atoms in total. The number of aliphatic hydroxyl groups is 1. The second kappa shape index (κ2) is 10.9. The maximum atomic E-state index is 12.4. The molecule has 0 spiro atoms. The summed E-state index contributed by atoms with van der Waals surface area (Å²) in [6.07, 6.45) is 2.18. The van der Waals surface area contributed by atoms with Gasteiger partial charge in [0, 0.05) is 36.8 Å². The van der Waals surface area contributed by atoms with Gasteiger partial charge in [-0.05, 0) is 62.2 Å². The minimum Gasteiger partial charge on any atom is -0.439 e. The number of aromatic nitrogens is 2. The summed E-state index contributed by atoms with van der Waals surface area (Å²) < 4.78 is 5.74. The van der Waals surface area contributed by atoms with Crippen molar-refractivity contribution in [2.45, 2.75) is 25.7 Å². The van der Waals surface area contributed by atoms with Crippen molar-refractivity contribution in [3.63, 3.8) is 0 Å². The number of aliphatic hydroxyl groups excluding tert-OH is 1. The van der Waals surface area contributed by atoms with E-state index in [9.17, 15) is 10.1 Å². The molecule has 170 valence electrons. The number of urea groups is 1. The lowest BCUT2D eigenvalue weighted by molar-refractivity contribution is 0.262. The highest BCUT2D eigenvalue weighted by Gasteiger charge is 2.20. The number of carbonyl (C=O) groups excluding carboxylic acids is 1. The largest absolute Gasteiger partial charge is 0.439 e. The second-order valence-electron chi connectivity index (χ2n) is 7.75. The SMILES string of the molecule is CC(C)(C#N)c1cccc(NC(=O)Nc2ccc(Oc3ccnc(NCCCO)n3)cc2)c1. The van der Waals surface area contributed by atoms with Crippen LogP contribution in [-0.2, 0) is 5.41 Å².